The lowest BCUT2D eigenvalue weighted by Gasteiger charge is -2.11. The summed E-state index contributed by atoms with van der Waals surface area (Å²) in [5.74, 6) is 1.93. The van der Waals surface area contributed by atoms with Gasteiger partial charge in [0.05, 0.1) is 0 Å². The van der Waals surface area contributed by atoms with Crippen molar-refractivity contribution in [2.24, 2.45) is 0 Å². The van der Waals surface area contributed by atoms with Gasteiger partial charge in [0, 0.05) is 32.8 Å². The van der Waals surface area contributed by atoms with Gasteiger partial charge in [-0.1, -0.05) is 158 Å². The Morgan fingerprint density at radius 2 is 0.792 bits per heavy atom. The summed E-state index contributed by atoms with van der Waals surface area (Å²) in [7, 11) is 0. The Balaban J connectivity index is 1.03. The number of aromatic nitrogens is 3. The molecule has 0 aliphatic heterocycles. The number of nitrogens with zero attached hydrogens (tertiary/aromatic N) is 3. The Hall–Kier alpha value is -7.17. The quantitative estimate of drug-likeness (QED) is 0.176. The van der Waals surface area contributed by atoms with Gasteiger partial charge in [-0.15, -0.1) is 0 Å². The van der Waals surface area contributed by atoms with Gasteiger partial charge in [-0.3, -0.25) is 0 Å². The highest BCUT2D eigenvalue weighted by Crippen LogP contribution is 2.40. The van der Waals surface area contributed by atoms with Gasteiger partial charge >= 0.3 is 0 Å². The molecule has 0 unspecified atom stereocenters. The van der Waals surface area contributed by atoms with E-state index in [2.05, 4.69) is 127 Å². The van der Waals surface area contributed by atoms with Crippen molar-refractivity contribution in [2.75, 3.05) is 0 Å². The van der Waals surface area contributed by atoms with Crippen molar-refractivity contribution in [1.29, 1.82) is 0 Å². The van der Waals surface area contributed by atoms with Gasteiger partial charge in [-0.2, -0.15) is 0 Å². The van der Waals surface area contributed by atoms with E-state index in [-0.39, 0.29) is 0 Å². The van der Waals surface area contributed by atoms with E-state index in [9.17, 15) is 0 Å². The lowest BCUT2D eigenvalue weighted by atomic mass is 9.94. The molecule has 8 aromatic carbocycles. The van der Waals surface area contributed by atoms with Gasteiger partial charge in [-0.25, -0.2) is 15.0 Å². The van der Waals surface area contributed by atoms with Crippen molar-refractivity contribution in [1.82, 2.24) is 15.0 Å². The summed E-state index contributed by atoms with van der Waals surface area (Å²) < 4.78 is 6.49. The summed E-state index contributed by atoms with van der Waals surface area (Å²) in [6.45, 7) is 0. The maximum atomic E-state index is 6.49. The molecule has 0 bridgehead atoms. The largest absolute Gasteiger partial charge is 0.455 e. The molecule has 0 saturated heterocycles. The van der Waals surface area contributed by atoms with Gasteiger partial charge < -0.3 is 4.42 Å². The minimum Gasteiger partial charge on any atom is -0.455 e. The van der Waals surface area contributed by atoms with Crippen LogP contribution in [0.1, 0.15) is 0 Å². The van der Waals surface area contributed by atoms with E-state index in [1.807, 2.05) is 60.7 Å². The summed E-state index contributed by atoms with van der Waals surface area (Å²) in [5.41, 5.74) is 11.5. The normalized spacial score (nSPS) is 11.4. The first-order chi connectivity index (χ1) is 26.2. The van der Waals surface area contributed by atoms with Gasteiger partial charge in [-0.05, 0) is 69.1 Å². The lowest BCUT2D eigenvalue weighted by Crippen LogP contribution is -2.00. The first-order valence-electron chi connectivity index (χ1n) is 17.8. The molecule has 10 aromatic rings. The van der Waals surface area contributed by atoms with Crippen LogP contribution in [0.15, 0.2) is 192 Å². The molecule has 0 radical (unpaired) electrons. The Labute approximate surface area is 306 Å². The minimum absolute atomic E-state index is 0.636. The molecule has 10 rings (SSSR count). The Morgan fingerprint density at radius 3 is 1.43 bits per heavy atom. The van der Waals surface area contributed by atoms with E-state index in [0.717, 1.165) is 77.4 Å². The van der Waals surface area contributed by atoms with Crippen LogP contribution >= 0.6 is 0 Å². The third-order valence-corrected chi connectivity index (χ3v) is 9.91. The van der Waals surface area contributed by atoms with Crippen LogP contribution in [-0.2, 0) is 0 Å². The zero-order valence-corrected chi connectivity index (χ0v) is 28.6. The Morgan fingerprint density at radius 1 is 0.321 bits per heavy atom. The second-order valence-electron chi connectivity index (χ2n) is 13.2. The maximum absolute atomic E-state index is 6.49. The van der Waals surface area contributed by atoms with Crippen LogP contribution in [0.5, 0.6) is 0 Å². The van der Waals surface area contributed by atoms with Crippen LogP contribution in [0.2, 0.25) is 0 Å². The fourth-order valence-electron chi connectivity index (χ4n) is 7.31. The molecule has 53 heavy (non-hydrogen) atoms. The number of furan rings is 1. The molecule has 2 aromatic heterocycles. The molecule has 2 heterocycles. The fraction of sp³-hybridized carbons (Fsp3) is 0. The van der Waals surface area contributed by atoms with E-state index in [0.29, 0.717) is 17.5 Å². The summed E-state index contributed by atoms with van der Waals surface area (Å²) in [4.78, 5) is 14.8. The number of hydrogen-bond donors (Lipinski definition) is 0. The van der Waals surface area contributed by atoms with E-state index in [1.54, 1.807) is 0 Å². The molecule has 4 heteroatoms. The third kappa shape index (κ3) is 5.63. The first kappa shape index (κ1) is 30.6. The van der Waals surface area contributed by atoms with Gasteiger partial charge in [0.15, 0.2) is 17.5 Å². The molecule has 0 aliphatic rings. The highest BCUT2D eigenvalue weighted by molar-refractivity contribution is 6.19. The molecule has 0 N–H and O–H groups in total. The van der Waals surface area contributed by atoms with Crippen molar-refractivity contribution in [3.63, 3.8) is 0 Å². The summed E-state index contributed by atoms with van der Waals surface area (Å²) in [6.07, 6.45) is 0. The number of benzene rings is 8. The predicted molar refractivity (Wildman–Crippen MR) is 217 cm³/mol. The monoisotopic (exact) mass is 677 g/mol. The molecule has 4 nitrogen and oxygen atoms in total. The summed E-state index contributed by atoms with van der Waals surface area (Å²) >= 11 is 0. The van der Waals surface area contributed by atoms with Crippen LogP contribution in [0.3, 0.4) is 0 Å². The van der Waals surface area contributed by atoms with Crippen molar-refractivity contribution in [3.8, 4) is 67.5 Å². The molecule has 248 valence electrons. The van der Waals surface area contributed by atoms with Crippen LogP contribution in [0, 0.1) is 0 Å². The zero-order chi connectivity index (χ0) is 35.1. The SMILES string of the molecule is c1ccc(-c2nc(-c3ccccc3)nc(-c3cccc(-c4cccc(-c5cccc(-c6cccc7oc8c9ccccc9ccc8c67)c5)c4)c3)n2)cc1. The van der Waals surface area contributed by atoms with Crippen molar-refractivity contribution < 1.29 is 4.42 Å². The zero-order valence-electron chi connectivity index (χ0n) is 28.6. The third-order valence-electron chi connectivity index (χ3n) is 9.91. The topological polar surface area (TPSA) is 51.8 Å². The van der Waals surface area contributed by atoms with Gasteiger partial charge in [0.2, 0.25) is 0 Å². The fourth-order valence-corrected chi connectivity index (χ4v) is 7.31. The van der Waals surface area contributed by atoms with Crippen molar-refractivity contribution >= 4 is 32.7 Å². The molecule has 0 amide bonds. The molecule has 0 aliphatic carbocycles. The van der Waals surface area contributed by atoms with E-state index >= 15 is 0 Å². The van der Waals surface area contributed by atoms with Crippen LogP contribution in [0.4, 0.5) is 0 Å². The highest BCUT2D eigenvalue weighted by Gasteiger charge is 2.16. The van der Waals surface area contributed by atoms with Crippen molar-refractivity contribution in [3.05, 3.63) is 188 Å². The Bertz CT molecular complexity index is 2890. The van der Waals surface area contributed by atoms with Gasteiger partial charge in [0.25, 0.3) is 0 Å². The summed E-state index contributed by atoms with van der Waals surface area (Å²) in [6, 6.07) is 65.3. The van der Waals surface area contributed by atoms with Crippen LogP contribution < -0.4 is 0 Å². The molecule has 0 atom stereocenters. The maximum Gasteiger partial charge on any atom is 0.164 e. The van der Waals surface area contributed by atoms with E-state index < -0.39 is 0 Å². The van der Waals surface area contributed by atoms with E-state index in [1.165, 1.54) is 5.39 Å². The van der Waals surface area contributed by atoms with Gasteiger partial charge in [0.1, 0.15) is 11.2 Å². The summed E-state index contributed by atoms with van der Waals surface area (Å²) in [5, 5.41) is 4.58. The van der Waals surface area contributed by atoms with E-state index in [4.69, 9.17) is 19.4 Å². The molecule has 0 spiro atoms. The Kier molecular flexibility index (Phi) is 7.43. The minimum atomic E-state index is 0.636. The number of fused-ring (bicyclic) bond motifs is 5. The average Bonchev–Trinajstić information content (AvgIpc) is 3.64. The second kappa shape index (κ2) is 12.9. The van der Waals surface area contributed by atoms with Crippen LogP contribution in [-0.4, -0.2) is 15.0 Å². The smallest absolute Gasteiger partial charge is 0.164 e. The molecule has 0 fully saturated rings. The second-order valence-corrected chi connectivity index (χ2v) is 13.2. The number of rotatable bonds is 6. The average molecular weight is 678 g/mol. The standard InChI is InChI=1S/C49H31N3O/c1-3-14-33(15-4-1)47-50-48(34-16-5-2-6-17-34)52-49(51-47)40-23-11-21-38(31-40)36-19-9-18-35(29-36)37-20-10-22-39(30-37)41-25-12-26-44-45(41)43-28-27-32-13-7-8-24-42(32)46(43)53-44/h1-31H. The first-order valence-corrected chi connectivity index (χ1v) is 17.8. The predicted octanol–water partition coefficient (Wildman–Crippen LogP) is 12.9. The van der Waals surface area contributed by atoms with Crippen LogP contribution in [0.25, 0.3) is 100 Å². The molecule has 0 saturated carbocycles. The lowest BCUT2D eigenvalue weighted by molar-refractivity contribution is 0.673. The number of hydrogen-bond acceptors (Lipinski definition) is 4. The van der Waals surface area contributed by atoms with Crippen molar-refractivity contribution in [2.45, 2.75) is 0 Å². The molecular weight excluding hydrogens is 647 g/mol. The highest BCUT2D eigenvalue weighted by atomic mass is 16.3. The molecular formula is C49H31N3O.